The molecular formula is C26H32N2O5. The number of amides is 1. The molecular weight excluding hydrogens is 420 g/mol. The molecule has 0 atom stereocenters. The van der Waals surface area contributed by atoms with Crippen LogP contribution in [0.2, 0.25) is 0 Å². The van der Waals surface area contributed by atoms with Crippen LogP contribution in [0.15, 0.2) is 46.2 Å². The first-order valence-corrected chi connectivity index (χ1v) is 11.8. The SMILES string of the molecule is COc1ccc(/C=N/OCC(=O)N(Cc2ccco2)C23CC4CC(CC(C4)C2)C3)cc1OC. The number of oxime groups is 1. The summed E-state index contributed by atoms with van der Waals surface area (Å²) >= 11 is 0. The summed E-state index contributed by atoms with van der Waals surface area (Å²) < 4.78 is 16.2. The third-order valence-electron chi connectivity index (χ3n) is 7.65. The summed E-state index contributed by atoms with van der Waals surface area (Å²) in [5, 5.41) is 4.05. The van der Waals surface area contributed by atoms with Crippen LogP contribution in [-0.2, 0) is 16.2 Å². The molecule has 0 aliphatic heterocycles. The highest BCUT2D eigenvalue weighted by Gasteiger charge is 2.54. The first-order valence-electron chi connectivity index (χ1n) is 11.8. The van der Waals surface area contributed by atoms with Gasteiger partial charge in [-0.1, -0.05) is 5.16 Å². The molecule has 4 saturated carbocycles. The molecule has 4 fully saturated rings. The van der Waals surface area contributed by atoms with Crippen molar-refractivity contribution >= 4 is 12.1 Å². The molecule has 1 aromatic carbocycles. The van der Waals surface area contributed by atoms with Crippen LogP contribution in [0.25, 0.3) is 0 Å². The van der Waals surface area contributed by atoms with Gasteiger partial charge in [0.05, 0.1) is 33.2 Å². The third kappa shape index (κ3) is 4.45. The Morgan fingerprint density at radius 2 is 1.79 bits per heavy atom. The van der Waals surface area contributed by atoms with Crippen LogP contribution < -0.4 is 9.47 Å². The smallest absolute Gasteiger partial charge is 0.264 e. The summed E-state index contributed by atoms with van der Waals surface area (Å²) in [5.41, 5.74) is 0.725. The molecule has 33 heavy (non-hydrogen) atoms. The highest BCUT2D eigenvalue weighted by Crippen LogP contribution is 2.58. The number of hydrogen-bond donors (Lipinski definition) is 0. The van der Waals surface area contributed by atoms with Gasteiger partial charge in [-0.3, -0.25) is 4.79 Å². The summed E-state index contributed by atoms with van der Waals surface area (Å²) in [6.45, 7) is 0.396. The molecule has 1 amide bonds. The fraction of sp³-hybridized carbons (Fsp3) is 0.538. The average molecular weight is 453 g/mol. The summed E-state index contributed by atoms with van der Waals surface area (Å²) in [5.74, 6) is 4.27. The lowest BCUT2D eigenvalue weighted by Gasteiger charge is -2.60. The van der Waals surface area contributed by atoms with E-state index >= 15 is 0 Å². The van der Waals surface area contributed by atoms with Crippen molar-refractivity contribution in [2.24, 2.45) is 22.9 Å². The van der Waals surface area contributed by atoms with E-state index in [9.17, 15) is 4.79 Å². The monoisotopic (exact) mass is 452 g/mol. The average Bonchev–Trinajstić information content (AvgIpc) is 3.32. The maximum atomic E-state index is 13.4. The van der Waals surface area contributed by atoms with E-state index in [1.54, 1.807) is 26.7 Å². The van der Waals surface area contributed by atoms with E-state index in [0.717, 1.165) is 48.3 Å². The van der Waals surface area contributed by atoms with Gasteiger partial charge in [-0.2, -0.15) is 0 Å². The van der Waals surface area contributed by atoms with Crippen molar-refractivity contribution in [3.05, 3.63) is 47.9 Å². The van der Waals surface area contributed by atoms with Gasteiger partial charge in [0.1, 0.15) is 5.76 Å². The molecule has 2 aromatic rings. The topological polar surface area (TPSA) is 73.5 Å². The largest absolute Gasteiger partial charge is 0.493 e. The Morgan fingerprint density at radius 3 is 2.39 bits per heavy atom. The zero-order chi connectivity index (χ0) is 22.8. The second-order valence-electron chi connectivity index (χ2n) is 9.82. The van der Waals surface area contributed by atoms with Gasteiger partial charge in [-0.05, 0) is 86.6 Å². The maximum absolute atomic E-state index is 13.4. The fourth-order valence-electron chi connectivity index (χ4n) is 6.68. The first-order chi connectivity index (χ1) is 16.1. The quantitative estimate of drug-likeness (QED) is 0.409. The lowest BCUT2D eigenvalue weighted by atomic mass is 9.52. The molecule has 6 rings (SSSR count). The van der Waals surface area contributed by atoms with E-state index in [2.05, 4.69) is 5.16 Å². The molecule has 1 aromatic heterocycles. The van der Waals surface area contributed by atoms with Gasteiger partial charge in [0, 0.05) is 11.1 Å². The number of methoxy groups -OCH3 is 2. The van der Waals surface area contributed by atoms with Gasteiger partial charge in [0.25, 0.3) is 5.91 Å². The van der Waals surface area contributed by atoms with Crippen LogP contribution in [0, 0.1) is 17.8 Å². The van der Waals surface area contributed by atoms with E-state index in [0.29, 0.717) is 18.0 Å². The number of furan rings is 1. The Morgan fingerprint density at radius 1 is 1.09 bits per heavy atom. The van der Waals surface area contributed by atoms with Crippen LogP contribution in [0.3, 0.4) is 0 Å². The van der Waals surface area contributed by atoms with E-state index in [-0.39, 0.29) is 18.1 Å². The van der Waals surface area contributed by atoms with Crippen LogP contribution in [0.5, 0.6) is 11.5 Å². The van der Waals surface area contributed by atoms with Gasteiger partial charge < -0.3 is 23.6 Å². The molecule has 0 spiro atoms. The molecule has 7 nitrogen and oxygen atoms in total. The predicted octanol–water partition coefficient (Wildman–Crippen LogP) is 4.64. The summed E-state index contributed by atoms with van der Waals surface area (Å²) in [4.78, 5) is 20.9. The summed E-state index contributed by atoms with van der Waals surface area (Å²) in [6, 6.07) is 9.29. The number of hydrogen-bond acceptors (Lipinski definition) is 6. The number of ether oxygens (including phenoxy) is 2. The first kappa shape index (κ1) is 21.9. The Kier molecular flexibility index (Phi) is 6.04. The van der Waals surface area contributed by atoms with Crippen molar-refractivity contribution in [2.75, 3.05) is 20.8 Å². The minimum Gasteiger partial charge on any atom is -0.493 e. The number of nitrogens with zero attached hydrogens (tertiary/aromatic N) is 2. The second kappa shape index (κ2) is 9.12. The van der Waals surface area contributed by atoms with E-state index in [1.807, 2.05) is 35.2 Å². The van der Waals surface area contributed by atoms with Gasteiger partial charge in [-0.15, -0.1) is 0 Å². The fourth-order valence-corrected chi connectivity index (χ4v) is 6.68. The van der Waals surface area contributed by atoms with Crippen molar-refractivity contribution in [1.82, 2.24) is 4.90 Å². The third-order valence-corrected chi connectivity index (χ3v) is 7.65. The van der Waals surface area contributed by atoms with Crippen LogP contribution in [0.4, 0.5) is 0 Å². The van der Waals surface area contributed by atoms with Crippen LogP contribution in [0.1, 0.15) is 49.8 Å². The molecule has 0 unspecified atom stereocenters. The van der Waals surface area contributed by atoms with E-state index in [1.165, 1.54) is 19.3 Å². The Bertz CT molecular complexity index is 965. The minimum absolute atomic E-state index is 0.0298. The molecule has 0 saturated heterocycles. The van der Waals surface area contributed by atoms with Crippen molar-refractivity contribution in [1.29, 1.82) is 0 Å². The van der Waals surface area contributed by atoms with Crippen molar-refractivity contribution in [3.63, 3.8) is 0 Å². The number of rotatable bonds is 9. The molecule has 4 bridgehead atoms. The molecule has 0 radical (unpaired) electrons. The van der Waals surface area contributed by atoms with Crippen molar-refractivity contribution in [3.8, 4) is 11.5 Å². The summed E-state index contributed by atoms with van der Waals surface area (Å²) in [7, 11) is 3.19. The Labute approximate surface area is 194 Å². The molecule has 7 heteroatoms. The van der Waals surface area contributed by atoms with Crippen molar-refractivity contribution < 1.29 is 23.5 Å². The van der Waals surface area contributed by atoms with Gasteiger partial charge in [0.2, 0.25) is 0 Å². The van der Waals surface area contributed by atoms with Crippen LogP contribution in [-0.4, -0.2) is 43.4 Å². The van der Waals surface area contributed by atoms with Gasteiger partial charge >= 0.3 is 0 Å². The molecule has 176 valence electrons. The number of carbonyl (C=O) groups is 1. The van der Waals surface area contributed by atoms with Crippen LogP contribution >= 0.6 is 0 Å². The van der Waals surface area contributed by atoms with Crippen molar-refractivity contribution in [2.45, 2.75) is 50.6 Å². The Hall–Kier alpha value is -2.96. The number of carbonyl (C=O) groups excluding carboxylic acids is 1. The lowest BCUT2D eigenvalue weighted by molar-refractivity contribution is -0.157. The zero-order valence-electron chi connectivity index (χ0n) is 19.4. The molecule has 4 aliphatic carbocycles. The van der Waals surface area contributed by atoms with Gasteiger partial charge in [-0.25, -0.2) is 0 Å². The maximum Gasteiger partial charge on any atom is 0.264 e. The van der Waals surface area contributed by atoms with E-state index in [4.69, 9.17) is 18.7 Å². The van der Waals surface area contributed by atoms with E-state index < -0.39 is 0 Å². The minimum atomic E-state index is -0.0910. The molecule has 0 N–H and O–H groups in total. The number of benzene rings is 1. The normalized spacial score (nSPS) is 27.6. The summed E-state index contributed by atoms with van der Waals surface area (Å²) in [6.07, 6.45) is 10.5. The standard InChI is InChI=1S/C26H32N2O5/c1-30-23-6-5-18(11-24(23)31-2)15-27-33-17-25(29)28(16-22-4-3-7-32-22)26-12-19-8-20(13-26)10-21(9-19)14-26/h3-7,11,15,19-21H,8-10,12-14,16-17H2,1-2H3/b27-15+. The second-order valence-corrected chi connectivity index (χ2v) is 9.82. The Balaban J connectivity index is 1.28. The lowest BCUT2D eigenvalue weighted by Crippen LogP contribution is -2.61. The van der Waals surface area contributed by atoms with Gasteiger partial charge in [0.15, 0.2) is 18.1 Å². The predicted molar refractivity (Wildman–Crippen MR) is 123 cm³/mol. The zero-order valence-corrected chi connectivity index (χ0v) is 19.4. The highest BCUT2D eigenvalue weighted by molar-refractivity contribution is 5.81. The molecule has 1 heterocycles. The highest BCUT2D eigenvalue weighted by atomic mass is 16.6. The molecule has 4 aliphatic rings.